The number of benzene rings is 3. The third kappa shape index (κ3) is 3.84. The number of hydrogen-bond donors (Lipinski definition) is 1. The van der Waals surface area contributed by atoms with Crippen LogP contribution in [0.5, 0.6) is 0 Å². The molecule has 166 valence electrons. The van der Waals surface area contributed by atoms with Crippen LogP contribution in [0.4, 0.5) is 15.8 Å². The van der Waals surface area contributed by atoms with Crippen molar-refractivity contribution < 1.29 is 14.0 Å². The van der Waals surface area contributed by atoms with Crippen molar-refractivity contribution >= 4 is 23.1 Å². The summed E-state index contributed by atoms with van der Waals surface area (Å²) in [5.41, 5.74) is 4.51. The molecule has 2 unspecified atom stereocenters. The first kappa shape index (κ1) is 21.1. The Morgan fingerprint density at radius 2 is 1.70 bits per heavy atom. The summed E-state index contributed by atoms with van der Waals surface area (Å²) in [5, 5.41) is 3.49. The van der Waals surface area contributed by atoms with Gasteiger partial charge in [0.05, 0.1) is 17.4 Å². The first-order chi connectivity index (χ1) is 16.1. The van der Waals surface area contributed by atoms with Gasteiger partial charge in [0, 0.05) is 24.1 Å². The topological polar surface area (TPSA) is 49.4 Å². The van der Waals surface area contributed by atoms with Gasteiger partial charge in [-0.25, -0.2) is 4.39 Å². The van der Waals surface area contributed by atoms with Crippen molar-refractivity contribution in [1.29, 1.82) is 0 Å². The average Bonchev–Trinajstić information content (AvgIpc) is 2.98. The smallest absolute Gasteiger partial charge is 0.227 e. The van der Waals surface area contributed by atoms with E-state index in [9.17, 15) is 14.0 Å². The third-order valence-electron chi connectivity index (χ3n) is 6.50. The number of ketones is 1. The van der Waals surface area contributed by atoms with Gasteiger partial charge in [-0.3, -0.25) is 14.5 Å². The normalized spacial score (nSPS) is 19.9. The molecule has 2 aliphatic rings. The molecule has 3 aromatic carbocycles. The van der Waals surface area contributed by atoms with Crippen molar-refractivity contribution in [3.8, 4) is 0 Å². The molecule has 1 heterocycles. The molecule has 0 radical (unpaired) electrons. The summed E-state index contributed by atoms with van der Waals surface area (Å²) < 4.78 is 14.3. The van der Waals surface area contributed by atoms with Crippen LogP contribution in [0.1, 0.15) is 49.3 Å². The molecule has 1 amide bonds. The van der Waals surface area contributed by atoms with Crippen LogP contribution in [0.3, 0.4) is 0 Å². The number of Topliss-reactive ketones (excluding diaryl/α,β-unsaturated/α-hetero) is 1. The molecule has 0 saturated carbocycles. The number of hydrogen-bond acceptors (Lipinski definition) is 3. The Balaban J connectivity index is 1.72. The van der Waals surface area contributed by atoms with E-state index >= 15 is 0 Å². The quantitative estimate of drug-likeness (QED) is 0.532. The number of nitrogens with one attached hydrogen (secondary N) is 1. The predicted octanol–water partition coefficient (Wildman–Crippen LogP) is 6.14. The fourth-order valence-electron chi connectivity index (χ4n) is 4.99. The highest BCUT2D eigenvalue weighted by Gasteiger charge is 2.41. The minimum Gasteiger partial charge on any atom is -0.357 e. The van der Waals surface area contributed by atoms with Crippen molar-refractivity contribution in [2.45, 2.75) is 38.1 Å². The molecule has 1 aliphatic carbocycles. The minimum absolute atomic E-state index is 0.0198. The summed E-state index contributed by atoms with van der Waals surface area (Å²) in [6, 6.07) is 23.1. The first-order valence-electron chi connectivity index (χ1n) is 11.3. The Morgan fingerprint density at radius 1 is 0.970 bits per heavy atom. The lowest BCUT2D eigenvalue weighted by molar-refractivity contribution is -0.119. The molecule has 1 N–H and O–H groups in total. The molecular weight excluding hydrogens is 415 g/mol. The summed E-state index contributed by atoms with van der Waals surface area (Å²) in [6.07, 6.45) is 1.25. The van der Waals surface area contributed by atoms with Crippen LogP contribution in [-0.2, 0) is 9.59 Å². The van der Waals surface area contributed by atoms with Crippen LogP contribution < -0.4 is 10.2 Å². The number of fused-ring (bicyclic) bond motifs is 1. The second-order valence-electron chi connectivity index (χ2n) is 8.55. The van der Waals surface area contributed by atoms with Gasteiger partial charge in [-0.05, 0) is 47.7 Å². The molecule has 5 rings (SSSR count). The fraction of sp³-hybridized carbons (Fsp3) is 0.214. The Labute approximate surface area is 192 Å². The second kappa shape index (κ2) is 8.66. The second-order valence-corrected chi connectivity index (χ2v) is 8.55. The highest BCUT2D eigenvalue weighted by molar-refractivity contribution is 6.06. The first-order valence-corrected chi connectivity index (χ1v) is 11.3. The lowest BCUT2D eigenvalue weighted by Gasteiger charge is -2.35. The number of allylic oxidation sites excluding steroid dienone is 1. The number of halogens is 1. The minimum atomic E-state index is -0.691. The molecule has 1 aliphatic heterocycles. The maximum atomic E-state index is 14.3. The van der Waals surface area contributed by atoms with E-state index in [0.717, 1.165) is 16.9 Å². The van der Waals surface area contributed by atoms with Crippen LogP contribution in [0, 0.1) is 5.82 Å². The number of amides is 1. The van der Waals surface area contributed by atoms with E-state index in [-0.39, 0.29) is 24.0 Å². The predicted molar refractivity (Wildman–Crippen MR) is 127 cm³/mol. The van der Waals surface area contributed by atoms with Gasteiger partial charge in [0.1, 0.15) is 5.82 Å². The van der Waals surface area contributed by atoms with Gasteiger partial charge >= 0.3 is 0 Å². The lowest BCUT2D eigenvalue weighted by atomic mass is 9.78. The lowest BCUT2D eigenvalue weighted by Crippen LogP contribution is -2.38. The number of nitrogens with zero attached hydrogens (tertiary/aromatic N) is 1. The molecule has 0 aromatic heterocycles. The Hall–Kier alpha value is -3.73. The van der Waals surface area contributed by atoms with Crippen LogP contribution in [0.2, 0.25) is 0 Å². The summed E-state index contributed by atoms with van der Waals surface area (Å²) in [5.74, 6) is -0.494. The highest BCUT2D eigenvalue weighted by Crippen LogP contribution is 2.47. The average molecular weight is 441 g/mol. The van der Waals surface area contributed by atoms with E-state index in [0.29, 0.717) is 29.7 Å². The number of anilines is 2. The SMILES string of the molecule is CCC(=O)N1c2ccccc2NC2=C(C(=O)CC(c3ccccc3)C2)C1c1cccc(F)c1. The summed E-state index contributed by atoms with van der Waals surface area (Å²) >= 11 is 0. The third-order valence-corrected chi connectivity index (χ3v) is 6.50. The van der Waals surface area contributed by atoms with Gasteiger partial charge in [-0.1, -0.05) is 61.5 Å². The zero-order chi connectivity index (χ0) is 22.9. The van der Waals surface area contributed by atoms with E-state index in [1.807, 2.05) is 54.6 Å². The fourth-order valence-corrected chi connectivity index (χ4v) is 4.99. The maximum absolute atomic E-state index is 14.3. The summed E-state index contributed by atoms with van der Waals surface area (Å²) in [7, 11) is 0. The van der Waals surface area contributed by atoms with E-state index in [1.165, 1.54) is 12.1 Å². The Morgan fingerprint density at radius 3 is 2.45 bits per heavy atom. The van der Waals surface area contributed by atoms with E-state index in [2.05, 4.69) is 5.32 Å². The number of carbonyl (C=O) groups excluding carboxylic acids is 2. The Bertz CT molecular complexity index is 1250. The van der Waals surface area contributed by atoms with Gasteiger partial charge in [-0.15, -0.1) is 0 Å². The largest absolute Gasteiger partial charge is 0.357 e. The number of rotatable bonds is 3. The molecule has 0 bridgehead atoms. The van der Waals surface area contributed by atoms with E-state index < -0.39 is 11.9 Å². The molecule has 0 spiro atoms. The van der Waals surface area contributed by atoms with Crippen LogP contribution in [0.15, 0.2) is 90.1 Å². The molecule has 4 nitrogen and oxygen atoms in total. The van der Waals surface area contributed by atoms with Gasteiger partial charge in [0.25, 0.3) is 0 Å². The molecule has 0 fully saturated rings. The van der Waals surface area contributed by atoms with Crippen molar-refractivity contribution in [3.63, 3.8) is 0 Å². The van der Waals surface area contributed by atoms with Crippen molar-refractivity contribution in [3.05, 3.63) is 107 Å². The van der Waals surface area contributed by atoms with Crippen molar-refractivity contribution in [2.24, 2.45) is 0 Å². The van der Waals surface area contributed by atoms with Crippen molar-refractivity contribution in [1.82, 2.24) is 0 Å². The number of carbonyl (C=O) groups is 2. The van der Waals surface area contributed by atoms with Crippen LogP contribution >= 0.6 is 0 Å². The molecular formula is C28H25FN2O2. The van der Waals surface area contributed by atoms with Crippen LogP contribution in [-0.4, -0.2) is 11.7 Å². The summed E-state index contributed by atoms with van der Waals surface area (Å²) in [6.45, 7) is 1.80. The summed E-state index contributed by atoms with van der Waals surface area (Å²) in [4.78, 5) is 28.7. The van der Waals surface area contributed by atoms with Crippen molar-refractivity contribution in [2.75, 3.05) is 10.2 Å². The maximum Gasteiger partial charge on any atom is 0.227 e. The monoisotopic (exact) mass is 440 g/mol. The molecule has 2 atom stereocenters. The zero-order valence-corrected chi connectivity index (χ0v) is 18.4. The van der Waals surface area contributed by atoms with E-state index in [4.69, 9.17) is 0 Å². The highest BCUT2D eigenvalue weighted by atomic mass is 19.1. The molecule has 5 heteroatoms. The molecule has 33 heavy (non-hydrogen) atoms. The van der Waals surface area contributed by atoms with Crippen LogP contribution in [0.25, 0.3) is 0 Å². The standard InChI is InChI=1S/C28H25FN2O2/c1-2-26(33)31-24-14-7-6-13-22(24)30-23-16-20(18-9-4-3-5-10-18)17-25(32)27(23)28(31)19-11-8-12-21(29)15-19/h3-15,20,28,30H,2,16-17H2,1H3. The van der Waals surface area contributed by atoms with Gasteiger partial charge in [-0.2, -0.15) is 0 Å². The van der Waals surface area contributed by atoms with Gasteiger partial charge in [0.2, 0.25) is 5.91 Å². The molecule has 3 aromatic rings. The zero-order valence-electron chi connectivity index (χ0n) is 18.4. The van der Waals surface area contributed by atoms with Gasteiger partial charge in [0.15, 0.2) is 5.78 Å². The molecule has 0 saturated heterocycles. The Kier molecular flexibility index (Phi) is 5.55. The van der Waals surface area contributed by atoms with Gasteiger partial charge < -0.3 is 5.32 Å². The van der Waals surface area contributed by atoms with E-state index in [1.54, 1.807) is 24.0 Å². The number of para-hydroxylation sites is 2.